The minimum absolute atomic E-state index is 0.171. The second-order valence-electron chi connectivity index (χ2n) is 11.7. The van der Waals surface area contributed by atoms with Crippen LogP contribution in [0.4, 0.5) is 5.69 Å². The third-order valence-electron chi connectivity index (χ3n) is 11.0. The van der Waals surface area contributed by atoms with Crippen molar-refractivity contribution in [2.45, 2.75) is 82.0 Å². The maximum Gasteiger partial charge on any atom is 0.194 e. The Hall–Kier alpha value is -1.18. The highest BCUT2D eigenvalue weighted by atomic mass is 16.3. The Morgan fingerprint density at radius 1 is 1.15 bits per heavy atom. The zero-order valence-corrected chi connectivity index (χ0v) is 20.6. The van der Waals surface area contributed by atoms with Gasteiger partial charge >= 0.3 is 0 Å². The van der Waals surface area contributed by atoms with Gasteiger partial charge in [-0.25, -0.2) is 0 Å². The van der Waals surface area contributed by atoms with E-state index < -0.39 is 12.3 Å². The fourth-order valence-corrected chi connectivity index (χ4v) is 9.96. The van der Waals surface area contributed by atoms with Gasteiger partial charge < -0.3 is 25.1 Å². The number of rotatable bonds is 7. The maximum atomic E-state index is 12.1. The molecule has 33 heavy (non-hydrogen) atoms. The van der Waals surface area contributed by atoms with Crippen LogP contribution in [0.5, 0.6) is 0 Å². The predicted octanol–water partition coefficient (Wildman–Crippen LogP) is 1.77. The van der Waals surface area contributed by atoms with E-state index in [1.165, 1.54) is 11.3 Å². The molecule has 7 rings (SSSR count). The van der Waals surface area contributed by atoms with Crippen molar-refractivity contribution in [2.24, 2.45) is 17.8 Å². The summed E-state index contributed by atoms with van der Waals surface area (Å²) >= 11 is 0. The molecule has 1 aromatic carbocycles. The third-order valence-corrected chi connectivity index (χ3v) is 11.0. The normalized spacial score (nSPS) is 47.3. The van der Waals surface area contributed by atoms with Gasteiger partial charge in [0, 0.05) is 44.0 Å². The summed E-state index contributed by atoms with van der Waals surface area (Å²) in [7, 11) is 2.19. The van der Waals surface area contributed by atoms with Gasteiger partial charge in [-0.3, -0.25) is 4.48 Å². The number of piperidine rings is 4. The fourth-order valence-electron chi connectivity index (χ4n) is 9.96. The van der Waals surface area contributed by atoms with Crippen molar-refractivity contribution in [1.29, 1.82) is 0 Å². The first kappa shape index (κ1) is 22.3. The second kappa shape index (κ2) is 7.41. The molecule has 5 heterocycles. The SMILES string of the molecule is CC[C@H]1[C@@H]2C[C@H]3[C@@H]4N(C)c5ccccc5[C@]45C[C@@H](C2C5O)[N+]3(CC(O)CN(CC)CC)[C@@H]1O. The minimum Gasteiger partial charge on any atom is -0.392 e. The number of para-hydroxylation sites is 1. The number of aliphatic hydroxyl groups excluding tert-OH is 3. The van der Waals surface area contributed by atoms with E-state index in [-0.39, 0.29) is 41.5 Å². The lowest BCUT2D eigenvalue weighted by atomic mass is 9.60. The van der Waals surface area contributed by atoms with Gasteiger partial charge in [-0.05, 0) is 37.1 Å². The Morgan fingerprint density at radius 3 is 2.58 bits per heavy atom. The fraction of sp³-hybridized carbons (Fsp3) is 0.778. The van der Waals surface area contributed by atoms with Crippen molar-refractivity contribution in [3.05, 3.63) is 29.8 Å². The van der Waals surface area contributed by atoms with E-state index in [9.17, 15) is 15.3 Å². The van der Waals surface area contributed by atoms with Crippen molar-refractivity contribution in [1.82, 2.24) is 4.90 Å². The predicted molar refractivity (Wildman–Crippen MR) is 129 cm³/mol. The largest absolute Gasteiger partial charge is 0.392 e. The summed E-state index contributed by atoms with van der Waals surface area (Å²) in [6.07, 6.45) is 1.60. The average Bonchev–Trinajstić information content (AvgIpc) is 3.20. The van der Waals surface area contributed by atoms with E-state index in [2.05, 4.69) is 61.9 Å². The van der Waals surface area contributed by atoms with Crippen LogP contribution in [0.1, 0.15) is 45.6 Å². The molecule has 5 bridgehead atoms. The number of anilines is 1. The molecule has 4 saturated heterocycles. The van der Waals surface area contributed by atoms with E-state index in [0.717, 1.165) is 32.4 Å². The van der Waals surface area contributed by atoms with Crippen LogP contribution >= 0.6 is 0 Å². The monoisotopic (exact) mass is 456 g/mol. The van der Waals surface area contributed by atoms with Crippen molar-refractivity contribution in [3.63, 3.8) is 0 Å². The van der Waals surface area contributed by atoms with Crippen LogP contribution in [0.3, 0.4) is 0 Å². The number of quaternary nitrogens is 1. The van der Waals surface area contributed by atoms with Gasteiger partial charge in [0.25, 0.3) is 0 Å². The highest BCUT2D eigenvalue weighted by Crippen LogP contribution is 2.71. The zero-order chi connectivity index (χ0) is 23.3. The molecule has 6 aliphatic rings. The summed E-state index contributed by atoms with van der Waals surface area (Å²) in [5.41, 5.74) is 2.32. The van der Waals surface area contributed by atoms with Crippen LogP contribution < -0.4 is 4.90 Å². The first-order valence-corrected chi connectivity index (χ1v) is 13.3. The van der Waals surface area contributed by atoms with E-state index in [4.69, 9.17) is 0 Å². The van der Waals surface area contributed by atoms with Gasteiger partial charge in [-0.2, -0.15) is 0 Å². The number of hydrogen-bond acceptors (Lipinski definition) is 5. The first-order valence-electron chi connectivity index (χ1n) is 13.3. The molecular weight excluding hydrogens is 414 g/mol. The van der Waals surface area contributed by atoms with Crippen LogP contribution in [-0.4, -0.2) is 94.5 Å². The highest BCUT2D eigenvalue weighted by Gasteiger charge is 2.83. The molecule has 1 spiro atoms. The second-order valence-corrected chi connectivity index (χ2v) is 11.7. The molecule has 3 N–H and O–H groups in total. The van der Waals surface area contributed by atoms with Gasteiger partial charge in [-0.15, -0.1) is 0 Å². The van der Waals surface area contributed by atoms with E-state index >= 15 is 0 Å². The number of benzene rings is 1. The molecule has 5 fully saturated rings. The Bertz CT molecular complexity index is 924. The molecule has 1 saturated carbocycles. The summed E-state index contributed by atoms with van der Waals surface area (Å²) in [4.78, 5) is 4.71. The Balaban J connectivity index is 1.48. The average molecular weight is 457 g/mol. The minimum atomic E-state index is -0.478. The standard InChI is InChI=1S/C27H42N3O3/c1-5-17-18-12-21-24-27(19-10-8-9-11-20(19)28(24)4)13-22(23(18)25(27)32)30(21,26(17)33)15-16(31)14-29(6-2)7-3/h8-11,16-18,21-26,31-33H,5-7,12-15H2,1-4H3/q+1/t16?,17-,18-,21-,22-,23?,24-,25?,26+,27+,30?/m0/s1. The molecule has 6 heteroatoms. The molecule has 0 aromatic heterocycles. The lowest BCUT2D eigenvalue weighted by molar-refractivity contribution is -1.04. The molecular formula is C27H42N3O3+. The zero-order valence-electron chi connectivity index (χ0n) is 20.6. The van der Waals surface area contributed by atoms with E-state index in [1.807, 2.05) is 0 Å². The van der Waals surface area contributed by atoms with Crippen LogP contribution in [0, 0.1) is 17.8 Å². The van der Waals surface area contributed by atoms with Gasteiger partial charge in [0.1, 0.15) is 18.7 Å². The van der Waals surface area contributed by atoms with Crippen molar-refractivity contribution in [2.75, 3.05) is 38.1 Å². The lowest BCUT2D eigenvalue weighted by Gasteiger charge is -2.68. The molecule has 6 nitrogen and oxygen atoms in total. The third kappa shape index (κ3) is 2.47. The van der Waals surface area contributed by atoms with Crippen molar-refractivity contribution < 1.29 is 19.8 Å². The lowest BCUT2D eigenvalue weighted by Crippen LogP contribution is -2.84. The maximum absolute atomic E-state index is 12.1. The van der Waals surface area contributed by atoms with Crippen LogP contribution in [0.15, 0.2) is 24.3 Å². The number of fused-ring (bicyclic) bond motifs is 2. The molecule has 11 atom stereocenters. The molecule has 0 radical (unpaired) electrons. The summed E-state index contributed by atoms with van der Waals surface area (Å²) in [5, 5.41) is 35.5. The van der Waals surface area contributed by atoms with Crippen molar-refractivity contribution >= 4 is 5.69 Å². The molecule has 182 valence electrons. The van der Waals surface area contributed by atoms with E-state index in [0.29, 0.717) is 23.5 Å². The summed E-state index contributed by atoms with van der Waals surface area (Å²) < 4.78 is 0.601. The van der Waals surface area contributed by atoms with Crippen LogP contribution in [0.2, 0.25) is 0 Å². The number of likely N-dealkylation sites (N-methyl/N-ethyl adjacent to an activating group) is 2. The number of hydrogen-bond donors (Lipinski definition) is 3. The highest BCUT2D eigenvalue weighted by molar-refractivity contribution is 5.66. The Kier molecular flexibility index (Phi) is 5.01. The first-order chi connectivity index (χ1) is 15.9. The van der Waals surface area contributed by atoms with Gasteiger partial charge in [0.15, 0.2) is 6.23 Å². The summed E-state index contributed by atoms with van der Waals surface area (Å²) in [6.45, 7) is 9.58. The Labute approximate surface area is 198 Å². The molecule has 4 unspecified atom stereocenters. The quantitative estimate of drug-likeness (QED) is 0.546. The van der Waals surface area contributed by atoms with Gasteiger partial charge in [0.2, 0.25) is 0 Å². The molecule has 1 aliphatic carbocycles. The van der Waals surface area contributed by atoms with Gasteiger partial charge in [-0.1, -0.05) is 39.0 Å². The molecule has 5 aliphatic heterocycles. The number of nitrogens with zero attached hydrogens (tertiary/aromatic N) is 3. The Morgan fingerprint density at radius 2 is 1.88 bits per heavy atom. The van der Waals surface area contributed by atoms with Crippen LogP contribution in [0.25, 0.3) is 0 Å². The topological polar surface area (TPSA) is 67.2 Å². The summed E-state index contributed by atoms with van der Waals surface area (Å²) in [6, 6.07) is 9.31. The number of aliphatic hydroxyl groups is 3. The summed E-state index contributed by atoms with van der Waals surface area (Å²) in [5.74, 6) is 0.785. The molecule has 0 amide bonds. The van der Waals surface area contributed by atoms with E-state index in [1.54, 1.807) is 0 Å². The van der Waals surface area contributed by atoms with Crippen LogP contribution in [-0.2, 0) is 5.41 Å². The molecule has 1 aromatic rings. The van der Waals surface area contributed by atoms with Crippen molar-refractivity contribution in [3.8, 4) is 0 Å². The van der Waals surface area contributed by atoms with Gasteiger partial charge in [0.05, 0.1) is 23.6 Å². The smallest absolute Gasteiger partial charge is 0.194 e.